The summed E-state index contributed by atoms with van der Waals surface area (Å²) in [6, 6.07) is 7.44. The Labute approximate surface area is 118 Å². The predicted molar refractivity (Wildman–Crippen MR) is 74.7 cm³/mol. The largest absolute Gasteiger partial charge is 0.481 e. The van der Waals surface area contributed by atoms with Crippen molar-refractivity contribution in [3.63, 3.8) is 0 Å². The lowest BCUT2D eigenvalue weighted by Crippen LogP contribution is -2.44. The van der Waals surface area contributed by atoms with E-state index < -0.39 is 11.9 Å². The molecule has 2 rings (SSSR count). The normalized spacial score (nSPS) is 17.6. The number of carbonyl (C=O) groups excluding carboxylic acids is 1. The maximum absolute atomic E-state index is 12.2. The number of amides is 1. The number of carboxylic acid groups (broad SMARTS) is 1. The summed E-state index contributed by atoms with van der Waals surface area (Å²) >= 11 is 0. The van der Waals surface area contributed by atoms with Crippen LogP contribution in [0.3, 0.4) is 0 Å². The van der Waals surface area contributed by atoms with Gasteiger partial charge < -0.3 is 14.7 Å². The quantitative estimate of drug-likeness (QED) is 0.832. The third-order valence-corrected chi connectivity index (χ3v) is 3.38. The molecule has 0 radical (unpaired) electrons. The lowest BCUT2D eigenvalue weighted by molar-refractivity contribution is -0.141. The Morgan fingerprint density at radius 3 is 2.85 bits per heavy atom. The molecule has 5 nitrogen and oxygen atoms in total. The maximum Gasteiger partial charge on any atom is 0.308 e. The number of hydrogen-bond acceptors (Lipinski definition) is 3. The van der Waals surface area contributed by atoms with Crippen LogP contribution >= 0.6 is 0 Å². The minimum atomic E-state index is -0.869. The summed E-state index contributed by atoms with van der Waals surface area (Å²) in [6.45, 7) is 2.71. The van der Waals surface area contributed by atoms with Gasteiger partial charge in [-0.3, -0.25) is 9.59 Å². The number of nitrogens with zero attached hydrogens (tertiary/aromatic N) is 1. The molecule has 0 spiro atoms. The minimum absolute atomic E-state index is 0.00544. The molecule has 1 aliphatic heterocycles. The molecule has 0 saturated heterocycles. The van der Waals surface area contributed by atoms with Crippen LogP contribution in [0.1, 0.15) is 18.9 Å². The summed E-state index contributed by atoms with van der Waals surface area (Å²) < 4.78 is 5.27. The Bertz CT molecular complexity index is 500. The third-order valence-electron chi connectivity index (χ3n) is 3.38. The number of carbonyl (C=O) groups is 2. The first-order valence-electron chi connectivity index (χ1n) is 6.82. The van der Waals surface area contributed by atoms with Crippen molar-refractivity contribution >= 4 is 17.6 Å². The lowest BCUT2D eigenvalue weighted by Gasteiger charge is -2.32. The third kappa shape index (κ3) is 3.17. The van der Waals surface area contributed by atoms with Gasteiger partial charge in [-0.1, -0.05) is 25.1 Å². The van der Waals surface area contributed by atoms with Crippen molar-refractivity contribution < 1.29 is 19.4 Å². The lowest BCUT2D eigenvalue weighted by atomic mass is 9.92. The monoisotopic (exact) mass is 277 g/mol. The highest BCUT2D eigenvalue weighted by molar-refractivity contribution is 5.96. The zero-order valence-corrected chi connectivity index (χ0v) is 11.5. The van der Waals surface area contributed by atoms with Gasteiger partial charge in [0.2, 0.25) is 0 Å². The summed E-state index contributed by atoms with van der Waals surface area (Å²) in [6.07, 6.45) is 1.31. The van der Waals surface area contributed by atoms with E-state index >= 15 is 0 Å². The highest BCUT2D eigenvalue weighted by Crippen LogP contribution is 2.29. The number of benzene rings is 1. The molecule has 0 fully saturated rings. The first-order valence-corrected chi connectivity index (χ1v) is 6.82. The van der Waals surface area contributed by atoms with Crippen molar-refractivity contribution in [2.24, 2.45) is 5.92 Å². The minimum Gasteiger partial charge on any atom is -0.481 e. The molecule has 1 aromatic carbocycles. The molecule has 0 saturated carbocycles. The fraction of sp³-hybridized carbons (Fsp3) is 0.467. The average Bonchev–Trinajstić information content (AvgIpc) is 2.46. The van der Waals surface area contributed by atoms with E-state index in [0.717, 1.165) is 17.7 Å². The van der Waals surface area contributed by atoms with Gasteiger partial charge in [0.1, 0.15) is 6.61 Å². The molecular weight excluding hydrogens is 258 g/mol. The van der Waals surface area contributed by atoms with Crippen LogP contribution in [0.2, 0.25) is 0 Å². The van der Waals surface area contributed by atoms with E-state index in [4.69, 9.17) is 4.74 Å². The molecule has 5 heteroatoms. The van der Waals surface area contributed by atoms with Gasteiger partial charge >= 0.3 is 5.97 Å². The molecule has 1 aromatic rings. The van der Waals surface area contributed by atoms with Crippen LogP contribution in [-0.2, 0) is 20.7 Å². The molecule has 1 amide bonds. The zero-order valence-electron chi connectivity index (χ0n) is 11.5. The van der Waals surface area contributed by atoms with Crippen LogP contribution in [0.4, 0.5) is 5.69 Å². The first kappa shape index (κ1) is 14.5. The number of fused-ring (bicyclic) bond motifs is 1. The summed E-state index contributed by atoms with van der Waals surface area (Å²) in [5, 5.41) is 9.21. The second-order valence-electron chi connectivity index (χ2n) is 4.92. The summed E-state index contributed by atoms with van der Waals surface area (Å²) in [4.78, 5) is 25.0. The number of aliphatic carboxylic acids is 1. The van der Waals surface area contributed by atoms with Gasteiger partial charge in [0.25, 0.3) is 5.91 Å². The molecular formula is C15H19NO4. The molecule has 1 aliphatic rings. The molecule has 1 heterocycles. The van der Waals surface area contributed by atoms with E-state index in [1.165, 1.54) is 4.90 Å². The Hall–Kier alpha value is -1.88. The van der Waals surface area contributed by atoms with Crippen LogP contribution in [0.25, 0.3) is 0 Å². The van der Waals surface area contributed by atoms with E-state index in [1.54, 1.807) is 0 Å². The van der Waals surface area contributed by atoms with Crippen LogP contribution < -0.4 is 4.90 Å². The SMILES string of the molecule is CCCOCC(=O)N1CC(C(=O)O)Cc2ccccc21. The fourth-order valence-corrected chi connectivity index (χ4v) is 2.38. The molecule has 1 unspecified atom stereocenters. The van der Waals surface area contributed by atoms with Crippen molar-refractivity contribution in [3.8, 4) is 0 Å². The number of carboxylic acids is 1. The number of ether oxygens (including phenoxy) is 1. The average molecular weight is 277 g/mol. The van der Waals surface area contributed by atoms with E-state index in [9.17, 15) is 14.7 Å². The van der Waals surface area contributed by atoms with Crippen molar-refractivity contribution in [2.75, 3.05) is 24.7 Å². The van der Waals surface area contributed by atoms with Crippen molar-refractivity contribution in [3.05, 3.63) is 29.8 Å². The van der Waals surface area contributed by atoms with Crippen molar-refractivity contribution in [2.45, 2.75) is 19.8 Å². The maximum atomic E-state index is 12.2. The van der Waals surface area contributed by atoms with Crippen LogP contribution in [0.5, 0.6) is 0 Å². The van der Waals surface area contributed by atoms with E-state index in [-0.39, 0.29) is 19.1 Å². The number of anilines is 1. The van der Waals surface area contributed by atoms with Crippen LogP contribution in [0, 0.1) is 5.92 Å². The number of hydrogen-bond donors (Lipinski definition) is 1. The van der Waals surface area contributed by atoms with Gasteiger partial charge in [0.05, 0.1) is 5.92 Å². The Morgan fingerprint density at radius 1 is 1.40 bits per heavy atom. The molecule has 0 aliphatic carbocycles. The Morgan fingerprint density at radius 2 is 2.15 bits per heavy atom. The molecule has 108 valence electrons. The second kappa shape index (κ2) is 6.52. The Kier molecular flexibility index (Phi) is 4.74. The van der Waals surface area contributed by atoms with Crippen molar-refractivity contribution in [1.82, 2.24) is 0 Å². The van der Waals surface area contributed by atoms with Gasteiger partial charge in [-0.2, -0.15) is 0 Å². The van der Waals surface area contributed by atoms with Gasteiger partial charge in [-0.15, -0.1) is 0 Å². The van der Waals surface area contributed by atoms with Gasteiger partial charge in [0, 0.05) is 18.8 Å². The molecule has 0 aromatic heterocycles. The molecule has 0 bridgehead atoms. The van der Waals surface area contributed by atoms with Crippen LogP contribution in [0.15, 0.2) is 24.3 Å². The van der Waals surface area contributed by atoms with E-state index in [0.29, 0.717) is 13.0 Å². The number of rotatable bonds is 5. The first-order chi connectivity index (χ1) is 9.63. The zero-order chi connectivity index (χ0) is 14.5. The topological polar surface area (TPSA) is 66.8 Å². The van der Waals surface area contributed by atoms with Crippen LogP contribution in [-0.4, -0.2) is 36.7 Å². The summed E-state index contributed by atoms with van der Waals surface area (Å²) in [5.74, 6) is -1.61. The smallest absolute Gasteiger partial charge is 0.308 e. The summed E-state index contributed by atoms with van der Waals surface area (Å²) in [7, 11) is 0. The van der Waals surface area contributed by atoms with Crippen molar-refractivity contribution in [1.29, 1.82) is 0 Å². The fourth-order valence-electron chi connectivity index (χ4n) is 2.38. The summed E-state index contributed by atoms with van der Waals surface area (Å²) in [5.41, 5.74) is 1.70. The highest BCUT2D eigenvalue weighted by atomic mass is 16.5. The second-order valence-corrected chi connectivity index (χ2v) is 4.92. The molecule has 1 N–H and O–H groups in total. The van der Waals surface area contributed by atoms with E-state index in [2.05, 4.69) is 0 Å². The molecule has 1 atom stereocenters. The highest BCUT2D eigenvalue weighted by Gasteiger charge is 2.31. The van der Waals surface area contributed by atoms with Gasteiger partial charge in [-0.25, -0.2) is 0 Å². The van der Waals surface area contributed by atoms with Gasteiger partial charge in [-0.05, 0) is 24.5 Å². The van der Waals surface area contributed by atoms with Gasteiger partial charge in [0.15, 0.2) is 0 Å². The Balaban J connectivity index is 2.18. The molecule has 20 heavy (non-hydrogen) atoms. The number of para-hydroxylation sites is 1. The van der Waals surface area contributed by atoms with E-state index in [1.807, 2.05) is 31.2 Å². The standard InChI is InChI=1S/C15H19NO4/c1-2-7-20-10-14(17)16-9-12(15(18)19)8-11-5-3-4-6-13(11)16/h3-6,12H,2,7-10H2,1H3,(H,18,19). The predicted octanol–water partition coefficient (Wildman–Crippen LogP) is 1.70.